The maximum Gasteiger partial charge on any atom is 0.150 e. The Kier molecular flexibility index (Phi) is 1.73. The second kappa shape index (κ2) is 2.75. The summed E-state index contributed by atoms with van der Waals surface area (Å²) in [4.78, 5) is 13.7. The van der Waals surface area contributed by atoms with Crippen molar-refractivity contribution in [3.05, 3.63) is 34.4 Å². The van der Waals surface area contributed by atoms with E-state index < -0.39 is 0 Å². The van der Waals surface area contributed by atoms with Crippen LogP contribution < -0.4 is 0 Å². The van der Waals surface area contributed by atoms with Crippen LogP contribution in [0.15, 0.2) is 28.9 Å². The number of rotatable bonds is 1. The molecule has 0 unspecified atom stereocenters. The Morgan fingerprint density at radius 1 is 1.42 bits per heavy atom. The highest BCUT2D eigenvalue weighted by molar-refractivity contribution is 9.10. The molecule has 0 saturated carbocycles. The molecule has 1 heterocycles. The fourth-order valence-corrected chi connectivity index (χ4v) is 1.73. The molecule has 0 spiro atoms. The quantitative estimate of drug-likeness (QED) is 0.742. The molecule has 0 aliphatic rings. The minimum atomic E-state index is 0.709. The average Bonchev–Trinajstić information content (AvgIpc) is 2.50. The van der Waals surface area contributed by atoms with Gasteiger partial charge in [-0.05, 0) is 18.2 Å². The van der Waals surface area contributed by atoms with Gasteiger partial charge in [-0.2, -0.15) is 0 Å². The third kappa shape index (κ3) is 1.06. The molecule has 12 heavy (non-hydrogen) atoms. The Morgan fingerprint density at radius 2 is 2.25 bits per heavy atom. The lowest BCUT2D eigenvalue weighted by atomic mass is 10.1. The van der Waals surface area contributed by atoms with Crippen LogP contribution in [-0.4, -0.2) is 11.3 Å². The van der Waals surface area contributed by atoms with E-state index in [1.54, 1.807) is 0 Å². The van der Waals surface area contributed by atoms with Gasteiger partial charge in [-0.15, -0.1) is 0 Å². The summed E-state index contributed by atoms with van der Waals surface area (Å²) in [7, 11) is 0. The van der Waals surface area contributed by atoms with Crippen molar-refractivity contribution < 1.29 is 4.79 Å². The SMILES string of the molecule is O=Cc1cc(Br)cc2[nH]ccc12. The van der Waals surface area contributed by atoms with E-state index in [1.165, 1.54) is 0 Å². The first-order chi connectivity index (χ1) is 5.81. The van der Waals surface area contributed by atoms with E-state index in [1.807, 2.05) is 24.4 Å². The molecular weight excluding hydrogens is 218 g/mol. The summed E-state index contributed by atoms with van der Waals surface area (Å²) in [5.41, 5.74) is 1.69. The van der Waals surface area contributed by atoms with Crippen molar-refractivity contribution in [2.24, 2.45) is 0 Å². The summed E-state index contributed by atoms with van der Waals surface area (Å²) in [6, 6.07) is 5.65. The van der Waals surface area contributed by atoms with Gasteiger partial charge >= 0.3 is 0 Å². The Bertz CT molecular complexity index is 433. The predicted octanol–water partition coefficient (Wildman–Crippen LogP) is 2.74. The zero-order chi connectivity index (χ0) is 8.55. The molecule has 0 amide bonds. The lowest BCUT2D eigenvalue weighted by Crippen LogP contribution is -1.80. The predicted molar refractivity (Wildman–Crippen MR) is 51.4 cm³/mol. The minimum Gasteiger partial charge on any atom is -0.361 e. The van der Waals surface area contributed by atoms with Gasteiger partial charge in [-0.3, -0.25) is 4.79 Å². The van der Waals surface area contributed by atoms with Gasteiger partial charge in [-0.1, -0.05) is 15.9 Å². The number of hydrogen-bond acceptors (Lipinski definition) is 1. The monoisotopic (exact) mass is 223 g/mol. The number of hydrogen-bond donors (Lipinski definition) is 1. The molecule has 2 nitrogen and oxygen atoms in total. The van der Waals surface area contributed by atoms with E-state index in [9.17, 15) is 4.79 Å². The maximum absolute atomic E-state index is 10.6. The van der Waals surface area contributed by atoms with E-state index in [-0.39, 0.29) is 0 Å². The lowest BCUT2D eigenvalue weighted by molar-refractivity contribution is 0.112. The normalized spacial score (nSPS) is 10.4. The zero-order valence-corrected chi connectivity index (χ0v) is 7.76. The highest BCUT2D eigenvalue weighted by atomic mass is 79.9. The van der Waals surface area contributed by atoms with Crippen molar-refractivity contribution in [2.75, 3.05) is 0 Å². The van der Waals surface area contributed by atoms with Crippen LogP contribution in [-0.2, 0) is 0 Å². The minimum absolute atomic E-state index is 0.709. The van der Waals surface area contributed by atoms with Crippen LogP contribution in [0.25, 0.3) is 10.9 Å². The molecule has 3 heteroatoms. The number of aromatic amines is 1. The highest BCUT2D eigenvalue weighted by Crippen LogP contribution is 2.21. The third-order valence-electron chi connectivity index (χ3n) is 1.79. The number of carbonyl (C=O) groups excluding carboxylic acids is 1. The molecule has 0 saturated heterocycles. The average molecular weight is 224 g/mol. The highest BCUT2D eigenvalue weighted by Gasteiger charge is 2.01. The van der Waals surface area contributed by atoms with Gasteiger partial charge in [0.25, 0.3) is 0 Å². The molecule has 0 bridgehead atoms. The molecular formula is C9H6BrNO. The van der Waals surface area contributed by atoms with Gasteiger partial charge in [0.15, 0.2) is 6.29 Å². The largest absolute Gasteiger partial charge is 0.361 e. The Labute approximate surface area is 77.7 Å². The number of benzene rings is 1. The fourth-order valence-electron chi connectivity index (χ4n) is 1.26. The smallest absolute Gasteiger partial charge is 0.150 e. The summed E-state index contributed by atoms with van der Waals surface area (Å²) >= 11 is 3.33. The van der Waals surface area contributed by atoms with Crippen LogP contribution in [0.5, 0.6) is 0 Å². The van der Waals surface area contributed by atoms with E-state index in [0.29, 0.717) is 5.56 Å². The molecule has 0 radical (unpaired) electrons. The molecule has 60 valence electrons. The van der Waals surface area contributed by atoms with Crippen LogP contribution in [0.1, 0.15) is 10.4 Å². The van der Waals surface area contributed by atoms with Crippen molar-refractivity contribution in [3.63, 3.8) is 0 Å². The summed E-state index contributed by atoms with van der Waals surface area (Å²) < 4.78 is 0.916. The van der Waals surface area contributed by atoms with Crippen molar-refractivity contribution >= 4 is 33.1 Å². The second-order valence-corrected chi connectivity index (χ2v) is 3.47. The molecule has 1 aromatic carbocycles. The fraction of sp³-hybridized carbons (Fsp3) is 0. The maximum atomic E-state index is 10.6. The van der Waals surface area contributed by atoms with Crippen LogP contribution in [0, 0.1) is 0 Å². The molecule has 1 N–H and O–H groups in total. The number of aromatic nitrogens is 1. The number of halogens is 1. The Balaban J connectivity index is 2.88. The first kappa shape index (κ1) is 7.55. The van der Waals surface area contributed by atoms with Gasteiger partial charge in [0, 0.05) is 27.1 Å². The van der Waals surface area contributed by atoms with Gasteiger partial charge in [-0.25, -0.2) is 0 Å². The molecule has 2 aromatic rings. The standard InChI is InChI=1S/C9H6BrNO/c10-7-3-6(5-12)8-1-2-11-9(8)4-7/h1-5,11H. The molecule has 0 atom stereocenters. The summed E-state index contributed by atoms with van der Waals surface area (Å²) in [6.45, 7) is 0. The van der Waals surface area contributed by atoms with Crippen molar-refractivity contribution in [3.8, 4) is 0 Å². The summed E-state index contributed by atoms with van der Waals surface area (Å²) in [5, 5.41) is 0.966. The van der Waals surface area contributed by atoms with Crippen LogP contribution >= 0.6 is 15.9 Å². The van der Waals surface area contributed by atoms with Crippen LogP contribution in [0.2, 0.25) is 0 Å². The topological polar surface area (TPSA) is 32.9 Å². The molecule has 0 aliphatic carbocycles. The number of fused-ring (bicyclic) bond motifs is 1. The Morgan fingerprint density at radius 3 is 3.00 bits per heavy atom. The third-order valence-corrected chi connectivity index (χ3v) is 2.25. The van der Waals surface area contributed by atoms with Crippen molar-refractivity contribution in [1.82, 2.24) is 4.98 Å². The second-order valence-electron chi connectivity index (χ2n) is 2.55. The zero-order valence-electron chi connectivity index (χ0n) is 6.17. The van der Waals surface area contributed by atoms with E-state index in [4.69, 9.17) is 0 Å². The van der Waals surface area contributed by atoms with Gasteiger partial charge < -0.3 is 4.98 Å². The van der Waals surface area contributed by atoms with E-state index in [0.717, 1.165) is 21.7 Å². The van der Waals surface area contributed by atoms with Crippen molar-refractivity contribution in [2.45, 2.75) is 0 Å². The van der Waals surface area contributed by atoms with Gasteiger partial charge in [0.1, 0.15) is 0 Å². The van der Waals surface area contributed by atoms with Crippen LogP contribution in [0.4, 0.5) is 0 Å². The van der Waals surface area contributed by atoms with Gasteiger partial charge in [0.2, 0.25) is 0 Å². The van der Waals surface area contributed by atoms with E-state index in [2.05, 4.69) is 20.9 Å². The Hall–Kier alpha value is -1.09. The van der Waals surface area contributed by atoms with E-state index >= 15 is 0 Å². The van der Waals surface area contributed by atoms with Gasteiger partial charge in [0.05, 0.1) is 0 Å². The summed E-state index contributed by atoms with van der Waals surface area (Å²) in [6.07, 6.45) is 2.69. The van der Waals surface area contributed by atoms with Crippen molar-refractivity contribution in [1.29, 1.82) is 0 Å². The first-order valence-electron chi connectivity index (χ1n) is 3.53. The lowest BCUT2D eigenvalue weighted by Gasteiger charge is -1.95. The molecule has 0 fully saturated rings. The summed E-state index contributed by atoms with van der Waals surface area (Å²) in [5.74, 6) is 0. The van der Waals surface area contributed by atoms with Crippen LogP contribution in [0.3, 0.4) is 0 Å². The molecule has 1 aromatic heterocycles. The number of carbonyl (C=O) groups is 1. The molecule has 0 aliphatic heterocycles. The first-order valence-corrected chi connectivity index (χ1v) is 4.32. The molecule has 2 rings (SSSR count). The number of nitrogens with one attached hydrogen (secondary N) is 1. The number of H-pyrrole nitrogens is 1. The number of aldehydes is 1.